The van der Waals surface area contributed by atoms with E-state index in [-0.39, 0.29) is 35.8 Å². The monoisotopic (exact) mass is 498 g/mol. The molecule has 4 N–H and O–H groups in total. The van der Waals surface area contributed by atoms with Gasteiger partial charge in [0.2, 0.25) is 0 Å². The number of carbonyl (C=O) groups is 1. The lowest BCUT2D eigenvalue weighted by Gasteiger charge is -2.32. The molecule has 192 valence electrons. The quantitative estimate of drug-likeness (QED) is 0.368. The number of hydrogen-bond acceptors (Lipinski definition) is 8. The SMILES string of the molecule is CNc1cc(Nc2cccn(C3CCN(CCF)CC3)c2=O)nc2c(C(=O)N[C@H]3CC[C@@H]3O)cnn12. The fourth-order valence-electron chi connectivity index (χ4n) is 4.83. The second-order valence-electron chi connectivity index (χ2n) is 9.32. The molecular weight excluding hydrogens is 467 g/mol. The molecule has 1 aliphatic carbocycles. The summed E-state index contributed by atoms with van der Waals surface area (Å²) in [6.45, 7) is 1.58. The number of pyridine rings is 1. The molecule has 0 aromatic carbocycles. The van der Waals surface area contributed by atoms with Crippen molar-refractivity contribution in [3.63, 3.8) is 0 Å². The predicted molar refractivity (Wildman–Crippen MR) is 134 cm³/mol. The number of halogens is 1. The van der Waals surface area contributed by atoms with Crippen LogP contribution in [-0.4, -0.2) is 80.6 Å². The van der Waals surface area contributed by atoms with Gasteiger partial charge in [0.15, 0.2) is 5.65 Å². The number of anilines is 3. The number of aliphatic hydroxyl groups is 1. The van der Waals surface area contributed by atoms with Gasteiger partial charge in [0, 0.05) is 45.0 Å². The van der Waals surface area contributed by atoms with Gasteiger partial charge in [0.1, 0.15) is 29.6 Å². The summed E-state index contributed by atoms with van der Waals surface area (Å²) in [5, 5.41) is 23.1. The van der Waals surface area contributed by atoms with Gasteiger partial charge in [-0.25, -0.2) is 9.37 Å². The zero-order valence-electron chi connectivity index (χ0n) is 20.2. The number of amides is 1. The summed E-state index contributed by atoms with van der Waals surface area (Å²) in [4.78, 5) is 32.8. The van der Waals surface area contributed by atoms with E-state index in [0.29, 0.717) is 35.9 Å². The zero-order chi connectivity index (χ0) is 25.2. The summed E-state index contributed by atoms with van der Waals surface area (Å²) < 4.78 is 15.9. The molecule has 2 fully saturated rings. The van der Waals surface area contributed by atoms with E-state index >= 15 is 0 Å². The molecule has 12 heteroatoms. The fraction of sp³-hybridized carbons (Fsp3) is 0.500. The highest BCUT2D eigenvalue weighted by molar-refractivity contribution is 6.00. The number of piperidine rings is 1. The molecule has 3 aromatic rings. The van der Waals surface area contributed by atoms with Crippen molar-refractivity contribution in [2.24, 2.45) is 0 Å². The van der Waals surface area contributed by atoms with Crippen molar-refractivity contribution < 1.29 is 14.3 Å². The molecule has 0 spiro atoms. The Balaban J connectivity index is 1.40. The van der Waals surface area contributed by atoms with Crippen LogP contribution >= 0.6 is 0 Å². The van der Waals surface area contributed by atoms with Crippen LogP contribution in [0.15, 0.2) is 35.4 Å². The van der Waals surface area contributed by atoms with Crippen LogP contribution in [0, 0.1) is 0 Å². The predicted octanol–water partition coefficient (Wildman–Crippen LogP) is 1.54. The number of nitrogens with zero attached hydrogens (tertiary/aromatic N) is 5. The average Bonchev–Trinajstić information content (AvgIpc) is 3.32. The third-order valence-electron chi connectivity index (χ3n) is 7.12. The lowest BCUT2D eigenvalue weighted by molar-refractivity contribution is 0.0448. The van der Waals surface area contributed by atoms with E-state index in [2.05, 4.69) is 30.9 Å². The minimum Gasteiger partial charge on any atom is -0.391 e. The number of likely N-dealkylation sites (tertiary alicyclic amines) is 1. The van der Waals surface area contributed by atoms with Gasteiger partial charge in [0.25, 0.3) is 11.5 Å². The number of carbonyl (C=O) groups excluding carboxylic acids is 1. The van der Waals surface area contributed by atoms with Crippen LogP contribution in [0.1, 0.15) is 42.1 Å². The van der Waals surface area contributed by atoms with E-state index in [4.69, 9.17) is 0 Å². The van der Waals surface area contributed by atoms with E-state index in [1.54, 1.807) is 29.9 Å². The van der Waals surface area contributed by atoms with Crippen molar-refractivity contribution in [2.45, 2.75) is 43.9 Å². The first kappa shape index (κ1) is 24.2. The van der Waals surface area contributed by atoms with E-state index in [1.165, 1.54) is 10.7 Å². The molecule has 2 atom stereocenters. The minimum atomic E-state index is -0.537. The molecule has 3 aromatic heterocycles. The average molecular weight is 499 g/mol. The number of nitrogens with one attached hydrogen (secondary N) is 3. The number of rotatable bonds is 8. The van der Waals surface area contributed by atoms with Crippen LogP contribution in [0.5, 0.6) is 0 Å². The first-order chi connectivity index (χ1) is 17.5. The molecular formula is C24H31FN8O3. The summed E-state index contributed by atoms with van der Waals surface area (Å²) in [6, 6.07) is 5.00. The molecule has 4 heterocycles. The lowest BCUT2D eigenvalue weighted by Crippen LogP contribution is -2.50. The molecule has 0 radical (unpaired) electrons. The molecule has 1 saturated heterocycles. The molecule has 1 saturated carbocycles. The van der Waals surface area contributed by atoms with Crippen LogP contribution in [0.4, 0.5) is 21.7 Å². The van der Waals surface area contributed by atoms with Crippen LogP contribution in [-0.2, 0) is 0 Å². The summed E-state index contributed by atoms with van der Waals surface area (Å²) in [7, 11) is 1.73. The van der Waals surface area contributed by atoms with Crippen molar-refractivity contribution in [2.75, 3.05) is 44.0 Å². The van der Waals surface area contributed by atoms with Gasteiger partial charge in [-0.2, -0.15) is 9.61 Å². The van der Waals surface area contributed by atoms with Gasteiger partial charge in [-0.05, 0) is 37.8 Å². The third-order valence-corrected chi connectivity index (χ3v) is 7.12. The minimum absolute atomic E-state index is 0.0467. The maximum Gasteiger partial charge on any atom is 0.274 e. The van der Waals surface area contributed by atoms with Gasteiger partial charge in [-0.3, -0.25) is 9.59 Å². The summed E-state index contributed by atoms with van der Waals surface area (Å²) in [5.74, 6) is 0.612. The number of aromatic nitrogens is 4. The van der Waals surface area contributed by atoms with Gasteiger partial charge in [0.05, 0.1) is 18.3 Å². The normalized spacial score (nSPS) is 20.8. The molecule has 11 nitrogen and oxygen atoms in total. The molecule has 0 bridgehead atoms. The maximum atomic E-state index is 13.3. The van der Waals surface area contributed by atoms with E-state index in [9.17, 15) is 19.1 Å². The lowest BCUT2D eigenvalue weighted by atomic mass is 9.89. The highest BCUT2D eigenvalue weighted by Crippen LogP contribution is 2.24. The zero-order valence-corrected chi connectivity index (χ0v) is 20.2. The molecule has 1 amide bonds. The van der Waals surface area contributed by atoms with Crippen LogP contribution < -0.4 is 21.5 Å². The molecule has 36 heavy (non-hydrogen) atoms. The highest BCUT2D eigenvalue weighted by Gasteiger charge is 2.31. The summed E-state index contributed by atoms with van der Waals surface area (Å²) in [5.41, 5.74) is 0.803. The third kappa shape index (κ3) is 4.65. The number of hydrogen-bond donors (Lipinski definition) is 4. The van der Waals surface area contributed by atoms with Crippen LogP contribution in [0.3, 0.4) is 0 Å². The number of alkyl halides is 1. The topological polar surface area (TPSA) is 129 Å². The summed E-state index contributed by atoms with van der Waals surface area (Å²) >= 11 is 0. The Kier molecular flexibility index (Phi) is 6.88. The second kappa shape index (κ2) is 10.2. The smallest absolute Gasteiger partial charge is 0.274 e. The van der Waals surface area contributed by atoms with Crippen LogP contribution in [0.2, 0.25) is 0 Å². The Labute approximate surface area is 207 Å². The fourth-order valence-corrected chi connectivity index (χ4v) is 4.83. The highest BCUT2D eigenvalue weighted by atomic mass is 19.1. The van der Waals surface area contributed by atoms with E-state index in [0.717, 1.165) is 32.4 Å². The van der Waals surface area contributed by atoms with Crippen molar-refractivity contribution in [1.29, 1.82) is 0 Å². The van der Waals surface area contributed by atoms with Crippen molar-refractivity contribution in [1.82, 2.24) is 29.4 Å². The first-order valence-corrected chi connectivity index (χ1v) is 12.3. The first-order valence-electron chi connectivity index (χ1n) is 12.3. The largest absolute Gasteiger partial charge is 0.391 e. The van der Waals surface area contributed by atoms with Gasteiger partial charge < -0.3 is 30.5 Å². The Morgan fingerprint density at radius 3 is 2.72 bits per heavy atom. The number of aliphatic hydroxyl groups excluding tert-OH is 1. The van der Waals surface area contributed by atoms with Crippen molar-refractivity contribution >= 4 is 28.9 Å². The Morgan fingerprint density at radius 1 is 1.25 bits per heavy atom. The molecule has 0 unspecified atom stereocenters. The Bertz CT molecular complexity index is 1300. The molecule has 5 rings (SSSR count). The van der Waals surface area contributed by atoms with Crippen molar-refractivity contribution in [3.05, 3.63) is 46.5 Å². The van der Waals surface area contributed by atoms with Gasteiger partial charge in [-0.15, -0.1) is 0 Å². The Hall–Kier alpha value is -3.51. The summed E-state index contributed by atoms with van der Waals surface area (Å²) in [6.07, 6.45) is 5.64. The second-order valence-corrected chi connectivity index (χ2v) is 9.32. The standard InChI is InChI=1S/C24H31FN8O3/c1-26-21-13-20(30-22-16(14-27-33(21)22)23(35)29-17-4-5-19(17)34)28-18-3-2-9-32(24(18)36)15-6-10-31(11-7-15)12-8-25/h2-3,9,13-15,17,19,26,34H,4-8,10-12H2,1H3,(H,28,30)(H,29,35)/t17-,19-/m0/s1. The van der Waals surface area contributed by atoms with Gasteiger partial charge in [-0.1, -0.05) is 0 Å². The van der Waals surface area contributed by atoms with Crippen LogP contribution in [0.25, 0.3) is 5.65 Å². The molecule has 2 aliphatic rings. The van der Waals surface area contributed by atoms with Gasteiger partial charge >= 0.3 is 0 Å². The van der Waals surface area contributed by atoms with Crippen molar-refractivity contribution in [3.8, 4) is 0 Å². The molecule has 1 aliphatic heterocycles. The Morgan fingerprint density at radius 2 is 2.06 bits per heavy atom. The maximum absolute atomic E-state index is 13.3. The number of fused-ring (bicyclic) bond motifs is 1. The van der Waals surface area contributed by atoms with E-state index in [1.807, 2.05) is 6.07 Å². The van der Waals surface area contributed by atoms with E-state index < -0.39 is 6.10 Å².